The maximum absolute atomic E-state index is 12.0. The predicted octanol–water partition coefficient (Wildman–Crippen LogP) is 1.73. The molecule has 16 heteroatoms. The van der Waals surface area contributed by atoms with Crippen molar-refractivity contribution in [1.82, 2.24) is 16.0 Å². The van der Waals surface area contributed by atoms with E-state index in [0.29, 0.717) is 38.2 Å². The average molecular weight is 712 g/mol. The molecule has 0 heterocycles. The van der Waals surface area contributed by atoms with E-state index in [0.717, 1.165) is 44.9 Å². The molecule has 1 aromatic rings. The van der Waals surface area contributed by atoms with E-state index in [1.165, 1.54) is 12.1 Å². The topological polar surface area (TPSA) is 225 Å². The van der Waals surface area contributed by atoms with Gasteiger partial charge in [0.1, 0.15) is 31.3 Å². The van der Waals surface area contributed by atoms with Gasteiger partial charge in [0.05, 0.1) is 51.8 Å². The third-order valence-corrected chi connectivity index (χ3v) is 6.97. The van der Waals surface area contributed by atoms with E-state index < -0.39 is 23.9 Å². The SMILES string of the molecule is O=CCC[C@H](NC(=O)COCCOCCNC(=O)COCCOCCNC(=O)CCCCCCCCCOc1ccc(C(=O)O)cc1)C(=O)O. The van der Waals surface area contributed by atoms with Crippen LogP contribution in [-0.2, 0) is 42.9 Å². The zero-order chi connectivity index (χ0) is 36.7. The molecule has 0 radical (unpaired) electrons. The van der Waals surface area contributed by atoms with E-state index in [9.17, 15) is 28.8 Å². The first-order valence-electron chi connectivity index (χ1n) is 17.0. The number of aldehydes is 1. The van der Waals surface area contributed by atoms with Crippen LogP contribution >= 0.6 is 0 Å². The molecule has 0 spiro atoms. The fraction of sp³-hybridized carbons (Fsp3) is 0.647. The Balaban J connectivity index is 1.83. The van der Waals surface area contributed by atoms with E-state index in [1.54, 1.807) is 12.1 Å². The quantitative estimate of drug-likeness (QED) is 0.0518. The van der Waals surface area contributed by atoms with Crippen LogP contribution in [0.2, 0.25) is 0 Å². The Labute approximate surface area is 292 Å². The van der Waals surface area contributed by atoms with Gasteiger partial charge in [-0.15, -0.1) is 0 Å². The first-order valence-corrected chi connectivity index (χ1v) is 17.0. The van der Waals surface area contributed by atoms with Gasteiger partial charge in [-0.05, 0) is 43.5 Å². The number of rotatable bonds is 33. The molecule has 0 aliphatic rings. The van der Waals surface area contributed by atoms with Gasteiger partial charge in [0.25, 0.3) is 0 Å². The molecular formula is C34H53N3O13. The highest BCUT2D eigenvalue weighted by Gasteiger charge is 2.19. The van der Waals surface area contributed by atoms with Crippen LogP contribution in [0.15, 0.2) is 24.3 Å². The Kier molecular flexibility index (Phi) is 26.1. The lowest BCUT2D eigenvalue weighted by atomic mass is 10.1. The standard InChI is InChI=1S/C34H53N3O13/c38-17-8-9-29(34(44)45)37-32(41)26-49-24-22-47-20-16-36-31(40)25-48-23-21-46-19-15-35-30(39)10-6-4-2-1-3-5-7-18-50-28-13-11-27(12-14-28)33(42)43/h11-14,17,29H,1-10,15-16,18-26H2,(H,35,39)(H,36,40)(H,37,41)(H,42,43)(H,44,45)/t29-/m0/s1. The van der Waals surface area contributed by atoms with Gasteiger partial charge in [-0.3, -0.25) is 14.4 Å². The number of carbonyl (C=O) groups excluding carboxylic acids is 4. The first kappa shape index (κ1) is 43.9. The van der Waals surface area contributed by atoms with Crippen molar-refractivity contribution in [3.63, 3.8) is 0 Å². The Morgan fingerprint density at radius 1 is 0.640 bits per heavy atom. The second-order valence-corrected chi connectivity index (χ2v) is 11.1. The van der Waals surface area contributed by atoms with Crippen LogP contribution in [0.1, 0.15) is 74.6 Å². The number of aromatic carboxylic acids is 1. The summed E-state index contributed by atoms with van der Waals surface area (Å²) < 4.78 is 26.7. The molecule has 0 saturated heterocycles. The van der Waals surface area contributed by atoms with Crippen LogP contribution < -0.4 is 20.7 Å². The minimum Gasteiger partial charge on any atom is -0.494 e. The van der Waals surface area contributed by atoms with Crippen LogP contribution in [0.3, 0.4) is 0 Å². The zero-order valence-electron chi connectivity index (χ0n) is 28.7. The van der Waals surface area contributed by atoms with Crippen molar-refractivity contribution in [2.75, 3.05) is 72.6 Å². The summed E-state index contributed by atoms with van der Waals surface area (Å²) in [5.41, 5.74) is 0.238. The maximum atomic E-state index is 12.0. The van der Waals surface area contributed by atoms with Gasteiger partial charge in [-0.25, -0.2) is 9.59 Å². The Hall–Kier alpha value is -4.12. The number of amides is 3. The number of unbranched alkanes of at least 4 members (excludes halogenated alkanes) is 6. The molecule has 0 unspecified atom stereocenters. The van der Waals surface area contributed by atoms with Gasteiger partial charge >= 0.3 is 11.9 Å². The van der Waals surface area contributed by atoms with Crippen molar-refractivity contribution in [3.05, 3.63) is 29.8 Å². The predicted molar refractivity (Wildman–Crippen MR) is 180 cm³/mol. The summed E-state index contributed by atoms with van der Waals surface area (Å²) in [6.45, 7) is 2.10. The van der Waals surface area contributed by atoms with E-state index in [1.807, 2.05) is 0 Å². The molecule has 0 aromatic heterocycles. The molecule has 282 valence electrons. The zero-order valence-corrected chi connectivity index (χ0v) is 28.7. The first-order chi connectivity index (χ1) is 24.2. The summed E-state index contributed by atoms with van der Waals surface area (Å²) in [5, 5.41) is 25.7. The van der Waals surface area contributed by atoms with Gasteiger partial charge in [-0.2, -0.15) is 0 Å². The molecule has 0 bridgehead atoms. The number of aliphatic carboxylic acids is 1. The fourth-order valence-electron chi connectivity index (χ4n) is 4.32. The molecule has 5 N–H and O–H groups in total. The minimum atomic E-state index is -1.23. The van der Waals surface area contributed by atoms with Gasteiger partial charge < -0.3 is 54.6 Å². The molecule has 0 fully saturated rings. The summed E-state index contributed by atoms with van der Waals surface area (Å²) in [4.78, 5) is 67.8. The van der Waals surface area contributed by atoms with E-state index >= 15 is 0 Å². The van der Waals surface area contributed by atoms with Crippen LogP contribution in [0.5, 0.6) is 5.75 Å². The van der Waals surface area contributed by atoms with Crippen molar-refractivity contribution >= 4 is 35.9 Å². The molecule has 1 rings (SSSR count). The summed E-state index contributed by atoms with van der Waals surface area (Å²) in [7, 11) is 0. The highest BCUT2D eigenvalue weighted by molar-refractivity contribution is 5.87. The van der Waals surface area contributed by atoms with Crippen molar-refractivity contribution in [3.8, 4) is 5.75 Å². The Morgan fingerprint density at radius 3 is 1.76 bits per heavy atom. The largest absolute Gasteiger partial charge is 0.494 e. The second kappa shape index (κ2) is 29.8. The van der Waals surface area contributed by atoms with Crippen molar-refractivity contribution in [2.45, 2.75) is 70.3 Å². The van der Waals surface area contributed by atoms with Gasteiger partial charge in [0, 0.05) is 25.9 Å². The van der Waals surface area contributed by atoms with Crippen LogP contribution in [-0.4, -0.2) is 125 Å². The molecule has 1 atom stereocenters. The molecule has 3 amide bonds. The molecule has 0 aliphatic heterocycles. The maximum Gasteiger partial charge on any atom is 0.335 e. The van der Waals surface area contributed by atoms with Crippen LogP contribution in [0, 0.1) is 0 Å². The third kappa shape index (κ3) is 24.9. The number of carboxylic acids is 2. The van der Waals surface area contributed by atoms with Crippen molar-refractivity contribution in [1.29, 1.82) is 0 Å². The lowest BCUT2D eigenvalue weighted by molar-refractivity contribution is -0.142. The molecule has 0 saturated carbocycles. The fourth-order valence-corrected chi connectivity index (χ4v) is 4.32. The van der Waals surface area contributed by atoms with E-state index in [-0.39, 0.29) is 83.0 Å². The second-order valence-electron chi connectivity index (χ2n) is 11.1. The highest BCUT2D eigenvalue weighted by Crippen LogP contribution is 2.14. The van der Waals surface area contributed by atoms with Crippen LogP contribution in [0.4, 0.5) is 0 Å². The van der Waals surface area contributed by atoms with Crippen LogP contribution in [0.25, 0.3) is 0 Å². The summed E-state index contributed by atoms with van der Waals surface area (Å²) in [6, 6.07) is 5.24. The summed E-state index contributed by atoms with van der Waals surface area (Å²) in [5.74, 6) is -2.45. The smallest absolute Gasteiger partial charge is 0.335 e. The number of carboxylic acid groups (broad SMARTS) is 2. The summed E-state index contributed by atoms with van der Waals surface area (Å²) in [6.07, 6.45) is 8.19. The van der Waals surface area contributed by atoms with Gasteiger partial charge in [0.15, 0.2) is 0 Å². The molecule has 0 aliphatic carbocycles. The molecule has 50 heavy (non-hydrogen) atoms. The third-order valence-electron chi connectivity index (χ3n) is 6.97. The Morgan fingerprint density at radius 2 is 1.18 bits per heavy atom. The highest BCUT2D eigenvalue weighted by atomic mass is 16.5. The summed E-state index contributed by atoms with van der Waals surface area (Å²) >= 11 is 0. The molecule has 16 nitrogen and oxygen atoms in total. The normalized spacial score (nSPS) is 11.4. The average Bonchev–Trinajstić information content (AvgIpc) is 3.09. The molecular weight excluding hydrogens is 658 g/mol. The van der Waals surface area contributed by atoms with Gasteiger partial charge in [0.2, 0.25) is 17.7 Å². The Bertz CT molecular complexity index is 1120. The number of hydrogen-bond acceptors (Lipinski definition) is 11. The van der Waals surface area contributed by atoms with E-state index in [2.05, 4.69) is 16.0 Å². The minimum absolute atomic E-state index is 0.00204. The number of carbonyl (C=O) groups is 6. The number of ether oxygens (including phenoxy) is 5. The number of nitrogens with one attached hydrogen (secondary N) is 3. The number of benzene rings is 1. The monoisotopic (exact) mass is 711 g/mol. The van der Waals surface area contributed by atoms with Crippen molar-refractivity contribution in [2.24, 2.45) is 0 Å². The van der Waals surface area contributed by atoms with E-state index in [4.69, 9.17) is 33.9 Å². The number of hydrogen-bond donors (Lipinski definition) is 5. The van der Waals surface area contributed by atoms with Crippen molar-refractivity contribution < 1.29 is 62.7 Å². The van der Waals surface area contributed by atoms with Gasteiger partial charge in [-0.1, -0.05) is 32.1 Å². The lowest BCUT2D eigenvalue weighted by Crippen LogP contribution is -2.42. The lowest BCUT2D eigenvalue weighted by Gasteiger charge is -2.13. The molecule has 1 aromatic carbocycles.